The third-order valence-corrected chi connectivity index (χ3v) is 2.78. The van der Waals surface area contributed by atoms with Gasteiger partial charge in [-0.05, 0) is 14.1 Å². The number of esters is 1. The van der Waals surface area contributed by atoms with Crippen LogP contribution in [0.5, 0.6) is 0 Å². The van der Waals surface area contributed by atoms with E-state index in [1.54, 1.807) is 28.0 Å². The monoisotopic (exact) mass is 669 g/mol. The van der Waals surface area contributed by atoms with Gasteiger partial charge >= 0.3 is 5.97 Å². The fourth-order valence-electron chi connectivity index (χ4n) is 1.45. The van der Waals surface area contributed by atoms with Gasteiger partial charge in [0, 0.05) is 48.8 Å². The highest BCUT2D eigenvalue weighted by Crippen LogP contribution is 1.81. The Morgan fingerprint density at radius 2 is 0.976 bits per heavy atom. The second-order valence-electron chi connectivity index (χ2n) is 7.69. The summed E-state index contributed by atoms with van der Waals surface area (Å²) in [7, 11) is 8.28. The highest BCUT2D eigenvalue weighted by atomic mass is 35.5. The van der Waals surface area contributed by atoms with Crippen molar-refractivity contribution in [3.8, 4) is 0 Å². The molecule has 1 aromatic rings. The summed E-state index contributed by atoms with van der Waals surface area (Å²) in [6, 6.07) is 12.0. The van der Waals surface area contributed by atoms with E-state index in [4.69, 9.17) is 21.6 Å². The summed E-state index contributed by atoms with van der Waals surface area (Å²) in [5.74, 6) is -0.324. The van der Waals surface area contributed by atoms with Crippen molar-refractivity contribution in [1.29, 1.82) is 0 Å². The van der Waals surface area contributed by atoms with E-state index in [9.17, 15) is 9.59 Å². The highest BCUT2D eigenvalue weighted by Gasteiger charge is 2.03. The van der Waals surface area contributed by atoms with Gasteiger partial charge in [0.25, 0.3) is 0 Å². The molecule has 0 saturated heterocycles. The molecule has 0 aliphatic rings. The maximum atomic E-state index is 10.4. The standard InChI is InChI=1S/C6H6.C5H10N2O.C5H9NO2.C4H10N2.C3H9NO.C3H7N.4ClH/c1-2-4-6-5-3-1;1-4(6)3-5(8)7-2;1-4(6)3-5(7)8-2;1-4(5)3-6-2;1-4-3-5-2;1-3(2)4;;;;/h1-6H;6H,3H2,1-2H3,(H,7,8);6H,3H2,1-2H3;5-6H,3H2,1-2H3;4H,3H2,1-2H3;4H,1-2H3;4*1H. The fraction of sp³-hybridized carbons (Fsp3) is 0.538. The summed E-state index contributed by atoms with van der Waals surface area (Å²) in [5, 5.41) is 28.9. The number of nitrogens with two attached hydrogens (primary N) is 4. The SMILES string of the molecule is CC(C)=[NH2+].CNC(=O)CC(C)=[NH2+].CNCC(C)=[NH2+].CNCOC.COC(=O)CC(C)=[NH2+].[Cl-].[Cl-].[Cl-].[Cl-].c1ccccc1. The number of amides is 1. The minimum atomic E-state index is -0.287. The zero-order valence-electron chi connectivity index (χ0n) is 26.2. The lowest BCUT2D eigenvalue weighted by molar-refractivity contribution is -0.143. The van der Waals surface area contributed by atoms with Crippen molar-refractivity contribution in [2.45, 2.75) is 47.5 Å². The van der Waals surface area contributed by atoms with Crippen LogP contribution >= 0.6 is 0 Å². The Balaban J connectivity index is -0.0000000425. The second kappa shape index (κ2) is 54.0. The molecule has 11 N–H and O–H groups in total. The van der Waals surface area contributed by atoms with Crippen LogP contribution in [-0.4, -0.2) is 83.4 Å². The quantitative estimate of drug-likeness (QED) is 0.0816. The molecule has 41 heavy (non-hydrogen) atoms. The van der Waals surface area contributed by atoms with Gasteiger partial charge in [0.2, 0.25) is 5.91 Å². The lowest BCUT2D eigenvalue weighted by Gasteiger charge is -1.90. The minimum absolute atomic E-state index is 0. The molecular formula is C26H55Cl4N7O4. The summed E-state index contributed by atoms with van der Waals surface area (Å²) >= 11 is 0. The van der Waals surface area contributed by atoms with Crippen molar-refractivity contribution in [3.05, 3.63) is 36.4 Å². The van der Waals surface area contributed by atoms with Crippen LogP contribution in [0.25, 0.3) is 0 Å². The van der Waals surface area contributed by atoms with Crippen LogP contribution in [0.3, 0.4) is 0 Å². The van der Waals surface area contributed by atoms with E-state index < -0.39 is 0 Å². The molecule has 15 heteroatoms. The van der Waals surface area contributed by atoms with E-state index in [2.05, 4.69) is 25.4 Å². The molecule has 0 fully saturated rings. The van der Waals surface area contributed by atoms with Crippen LogP contribution in [0.4, 0.5) is 0 Å². The molecule has 0 unspecified atom stereocenters. The molecule has 0 radical (unpaired) electrons. The average molecular weight is 672 g/mol. The summed E-state index contributed by atoms with van der Waals surface area (Å²) in [4.78, 5) is 20.7. The molecule has 0 aliphatic carbocycles. The molecule has 11 nitrogen and oxygen atoms in total. The van der Waals surface area contributed by atoms with E-state index in [0.717, 1.165) is 18.0 Å². The van der Waals surface area contributed by atoms with Crippen molar-refractivity contribution in [2.75, 3.05) is 48.6 Å². The van der Waals surface area contributed by atoms with Crippen molar-refractivity contribution in [3.63, 3.8) is 0 Å². The maximum absolute atomic E-state index is 10.4. The first-order chi connectivity index (χ1) is 17.2. The van der Waals surface area contributed by atoms with Crippen molar-refractivity contribution >= 4 is 34.7 Å². The number of nitrogens with one attached hydrogen (secondary N) is 3. The Morgan fingerprint density at radius 3 is 1.05 bits per heavy atom. The normalized spacial score (nSPS) is 7.27. The number of benzene rings is 1. The molecule has 0 aromatic heterocycles. The van der Waals surface area contributed by atoms with Gasteiger partial charge in [0.15, 0.2) is 17.1 Å². The van der Waals surface area contributed by atoms with Crippen molar-refractivity contribution in [2.24, 2.45) is 0 Å². The van der Waals surface area contributed by atoms with Gasteiger partial charge in [-0.3, -0.25) is 36.5 Å². The van der Waals surface area contributed by atoms with Gasteiger partial charge in [0.1, 0.15) is 18.6 Å². The Kier molecular flexibility index (Phi) is 82.3. The molecule has 0 atom stereocenters. The van der Waals surface area contributed by atoms with E-state index in [-0.39, 0.29) is 67.9 Å². The van der Waals surface area contributed by atoms with Crippen LogP contribution in [0.15, 0.2) is 36.4 Å². The fourth-order valence-corrected chi connectivity index (χ4v) is 1.45. The van der Waals surface area contributed by atoms with Crippen molar-refractivity contribution < 1.29 is 90.3 Å². The van der Waals surface area contributed by atoms with E-state index in [1.165, 1.54) is 7.11 Å². The number of carbonyl (C=O) groups excluding carboxylic acids is 2. The number of hydrogen-bond donors (Lipinski definition) is 7. The molecule has 1 rings (SSSR count). The molecule has 0 heterocycles. The lowest BCUT2D eigenvalue weighted by Crippen LogP contribution is -3.00. The van der Waals surface area contributed by atoms with Gasteiger partial charge in [-0.25, -0.2) is 0 Å². The smallest absolute Gasteiger partial charge is 0.315 e. The van der Waals surface area contributed by atoms with E-state index >= 15 is 0 Å². The highest BCUT2D eigenvalue weighted by molar-refractivity contribution is 5.96. The zero-order chi connectivity index (χ0) is 30.1. The van der Waals surface area contributed by atoms with E-state index in [0.29, 0.717) is 24.6 Å². The molecule has 1 aromatic carbocycles. The van der Waals surface area contributed by atoms with Crippen molar-refractivity contribution in [1.82, 2.24) is 16.0 Å². The van der Waals surface area contributed by atoms with E-state index in [1.807, 2.05) is 71.3 Å². The topological polar surface area (TPSA) is 191 Å². The van der Waals surface area contributed by atoms with Gasteiger partial charge in [-0.2, -0.15) is 0 Å². The number of hydrogen-bond acceptors (Lipinski definition) is 6. The summed E-state index contributed by atoms with van der Waals surface area (Å²) in [5.41, 5.74) is 3.07. The Hall–Kier alpha value is -2.12. The molecule has 1 amide bonds. The van der Waals surface area contributed by atoms with Crippen LogP contribution in [0, 0.1) is 0 Å². The predicted octanol–water partition coefficient (Wildman–Crippen LogP) is -15.7. The Morgan fingerprint density at radius 1 is 0.634 bits per heavy atom. The minimum Gasteiger partial charge on any atom is -1.00 e. The molecule has 0 saturated carbocycles. The number of halogens is 4. The summed E-state index contributed by atoms with van der Waals surface area (Å²) < 4.78 is 8.90. The van der Waals surface area contributed by atoms with Gasteiger partial charge < -0.3 is 69.7 Å². The maximum Gasteiger partial charge on any atom is 0.315 e. The summed E-state index contributed by atoms with van der Waals surface area (Å²) in [6.45, 7) is 10.5. The molecule has 246 valence electrons. The average Bonchev–Trinajstić information content (AvgIpc) is 2.81. The van der Waals surface area contributed by atoms with Gasteiger partial charge in [0.05, 0.1) is 20.4 Å². The number of methoxy groups -OCH3 is 2. The van der Waals surface area contributed by atoms with Crippen LogP contribution < -0.4 is 87.2 Å². The van der Waals surface area contributed by atoms with Crippen LogP contribution in [0.1, 0.15) is 47.5 Å². The number of carbonyl (C=O) groups is 2. The van der Waals surface area contributed by atoms with Crippen LogP contribution in [-0.2, 0) is 19.1 Å². The zero-order valence-corrected chi connectivity index (χ0v) is 29.3. The second-order valence-corrected chi connectivity index (χ2v) is 7.69. The van der Waals surface area contributed by atoms with Gasteiger partial charge in [-0.1, -0.05) is 36.4 Å². The lowest BCUT2D eigenvalue weighted by atomic mass is 10.3. The number of rotatable bonds is 8. The van der Waals surface area contributed by atoms with Gasteiger partial charge in [-0.15, -0.1) is 0 Å². The molecule has 0 spiro atoms. The molecule has 0 aliphatic heterocycles. The summed E-state index contributed by atoms with van der Waals surface area (Å²) in [6.07, 6.45) is 0.549. The number of ether oxygens (including phenoxy) is 2. The Bertz CT molecular complexity index is 670. The first-order valence-electron chi connectivity index (χ1n) is 11.6. The Labute approximate surface area is 272 Å². The molecular weight excluding hydrogens is 616 g/mol. The molecule has 0 bridgehead atoms. The first kappa shape index (κ1) is 62.5. The van der Waals surface area contributed by atoms with Crippen LogP contribution in [0.2, 0.25) is 0 Å². The predicted molar refractivity (Wildman–Crippen MR) is 153 cm³/mol. The third kappa shape index (κ3) is 112. The first-order valence-corrected chi connectivity index (χ1v) is 11.6. The largest absolute Gasteiger partial charge is 1.00 e. The third-order valence-electron chi connectivity index (χ3n) is 2.78.